The van der Waals surface area contributed by atoms with E-state index in [0.717, 1.165) is 12.8 Å². The Kier molecular flexibility index (Phi) is 4.64. The van der Waals surface area contributed by atoms with Crippen LogP contribution in [0.2, 0.25) is 0 Å². The minimum atomic E-state index is -0.516. The minimum Gasteiger partial charge on any atom is -0.459 e. The Morgan fingerprint density at radius 2 is 1.96 bits per heavy atom. The highest BCUT2D eigenvalue weighted by atomic mass is 19.1. The van der Waals surface area contributed by atoms with Crippen LogP contribution < -0.4 is 5.32 Å². The van der Waals surface area contributed by atoms with Gasteiger partial charge in [0.15, 0.2) is 11.5 Å². The Morgan fingerprint density at radius 3 is 2.58 bits per heavy atom. The van der Waals surface area contributed by atoms with Gasteiger partial charge < -0.3 is 14.6 Å². The molecule has 1 aromatic carbocycles. The Labute approximate surface area is 139 Å². The summed E-state index contributed by atoms with van der Waals surface area (Å²) in [4.78, 5) is 25.6. The molecule has 2 heterocycles. The quantitative estimate of drug-likeness (QED) is 0.874. The van der Waals surface area contributed by atoms with Crippen molar-refractivity contribution in [3.8, 4) is 0 Å². The molecule has 1 aliphatic rings. The third-order valence-electron chi connectivity index (χ3n) is 4.24. The zero-order chi connectivity index (χ0) is 17.1. The van der Waals surface area contributed by atoms with Crippen molar-refractivity contribution in [2.24, 2.45) is 0 Å². The third-order valence-corrected chi connectivity index (χ3v) is 4.24. The summed E-state index contributed by atoms with van der Waals surface area (Å²) in [5.41, 5.74) is 0.602. The van der Waals surface area contributed by atoms with E-state index in [2.05, 4.69) is 5.32 Å². The number of benzene rings is 1. The van der Waals surface area contributed by atoms with Crippen LogP contribution in [-0.2, 0) is 0 Å². The molecular formula is C18H19FN2O3. The van der Waals surface area contributed by atoms with Crippen LogP contribution in [0.5, 0.6) is 0 Å². The van der Waals surface area contributed by atoms with Crippen LogP contribution in [0.1, 0.15) is 40.7 Å². The predicted octanol–water partition coefficient (Wildman–Crippen LogP) is 3.34. The fourth-order valence-electron chi connectivity index (χ4n) is 3.01. The molecule has 1 N–H and O–H groups in total. The van der Waals surface area contributed by atoms with Crippen LogP contribution in [0.3, 0.4) is 0 Å². The molecule has 0 atom stereocenters. The van der Waals surface area contributed by atoms with Gasteiger partial charge >= 0.3 is 0 Å². The Balaban J connectivity index is 1.63. The molecular weight excluding hydrogens is 311 g/mol. The van der Waals surface area contributed by atoms with E-state index in [1.807, 2.05) is 0 Å². The van der Waals surface area contributed by atoms with Crippen molar-refractivity contribution in [1.82, 2.24) is 4.90 Å². The standard InChI is InChI=1S/C18H19FN2O3/c1-12(22)17-14(19)4-2-5-15(17)20-13-7-9-21(10-8-13)18(23)16-6-3-11-24-16/h2-6,11,13,20H,7-10H2,1H3. The lowest BCUT2D eigenvalue weighted by molar-refractivity contribution is 0.0686. The first kappa shape index (κ1) is 16.2. The Bertz CT molecular complexity index is 735. The molecule has 1 amide bonds. The first-order valence-corrected chi connectivity index (χ1v) is 7.95. The van der Waals surface area contributed by atoms with Gasteiger partial charge in [0.05, 0.1) is 11.8 Å². The Morgan fingerprint density at radius 1 is 1.21 bits per heavy atom. The monoisotopic (exact) mass is 330 g/mol. The normalized spacial score (nSPS) is 15.3. The van der Waals surface area contributed by atoms with Crippen LogP contribution in [0, 0.1) is 5.82 Å². The maximum absolute atomic E-state index is 13.9. The van der Waals surface area contributed by atoms with E-state index in [0.29, 0.717) is 24.5 Å². The molecule has 0 radical (unpaired) electrons. The van der Waals surface area contributed by atoms with Crippen LogP contribution in [0.15, 0.2) is 41.0 Å². The number of hydrogen-bond acceptors (Lipinski definition) is 4. The number of carbonyl (C=O) groups excluding carboxylic acids is 2. The lowest BCUT2D eigenvalue weighted by Crippen LogP contribution is -2.42. The van der Waals surface area contributed by atoms with E-state index >= 15 is 0 Å². The summed E-state index contributed by atoms with van der Waals surface area (Å²) in [6, 6.07) is 8.00. The second-order valence-corrected chi connectivity index (χ2v) is 5.91. The number of piperidine rings is 1. The average Bonchev–Trinajstić information content (AvgIpc) is 3.09. The molecule has 0 unspecified atom stereocenters. The van der Waals surface area contributed by atoms with Gasteiger partial charge in [-0.25, -0.2) is 4.39 Å². The maximum atomic E-state index is 13.9. The average molecular weight is 330 g/mol. The van der Waals surface area contributed by atoms with Crippen molar-refractivity contribution in [3.05, 3.63) is 53.7 Å². The van der Waals surface area contributed by atoms with Gasteiger partial charge in [0.1, 0.15) is 5.82 Å². The van der Waals surface area contributed by atoms with Crippen LogP contribution in [0.4, 0.5) is 10.1 Å². The van der Waals surface area contributed by atoms with Gasteiger partial charge in [-0.1, -0.05) is 6.07 Å². The first-order valence-electron chi connectivity index (χ1n) is 7.95. The number of carbonyl (C=O) groups is 2. The highest BCUT2D eigenvalue weighted by molar-refractivity contribution is 5.99. The summed E-state index contributed by atoms with van der Waals surface area (Å²) >= 11 is 0. The van der Waals surface area contributed by atoms with Crippen LogP contribution in [-0.4, -0.2) is 35.7 Å². The number of nitrogens with one attached hydrogen (secondary N) is 1. The van der Waals surface area contributed by atoms with Crippen LogP contribution in [0.25, 0.3) is 0 Å². The molecule has 1 fully saturated rings. The Hall–Kier alpha value is -2.63. The molecule has 0 aliphatic carbocycles. The van der Waals surface area contributed by atoms with Gasteiger partial charge in [-0.05, 0) is 44.0 Å². The van der Waals surface area contributed by atoms with E-state index in [4.69, 9.17) is 4.42 Å². The number of amides is 1. The lowest BCUT2D eigenvalue weighted by atomic mass is 10.0. The number of likely N-dealkylation sites (tertiary alicyclic amines) is 1. The summed E-state index contributed by atoms with van der Waals surface area (Å²) in [7, 11) is 0. The topological polar surface area (TPSA) is 62.6 Å². The van der Waals surface area contributed by atoms with Gasteiger partial charge in [0.25, 0.3) is 5.91 Å². The third kappa shape index (κ3) is 3.32. The highest BCUT2D eigenvalue weighted by Crippen LogP contribution is 2.23. The number of ketones is 1. The maximum Gasteiger partial charge on any atom is 0.289 e. The predicted molar refractivity (Wildman–Crippen MR) is 87.7 cm³/mol. The fourth-order valence-corrected chi connectivity index (χ4v) is 3.01. The zero-order valence-electron chi connectivity index (χ0n) is 13.4. The molecule has 24 heavy (non-hydrogen) atoms. The molecule has 0 bridgehead atoms. The van der Waals surface area contributed by atoms with Gasteiger partial charge in [-0.3, -0.25) is 9.59 Å². The minimum absolute atomic E-state index is 0.0885. The summed E-state index contributed by atoms with van der Waals surface area (Å²) in [6.45, 7) is 2.53. The molecule has 6 heteroatoms. The van der Waals surface area contributed by atoms with E-state index in [1.165, 1.54) is 19.3 Å². The van der Waals surface area contributed by atoms with Crippen molar-refractivity contribution in [3.63, 3.8) is 0 Å². The summed E-state index contributed by atoms with van der Waals surface area (Å²) in [5.74, 6) is -0.599. The van der Waals surface area contributed by atoms with Gasteiger partial charge in [-0.2, -0.15) is 0 Å². The molecule has 1 aliphatic heterocycles. The van der Waals surface area contributed by atoms with Gasteiger partial charge in [-0.15, -0.1) is 0 Å². The zero-order valence-corrected chi connectivity index (χ0v) is 13.4. The number of Topliss-reactive ketones (excluding diaryl/α,β-unsaturated/α-hetero) is 1. The van der Waals surface area contributed by atoms with Crippen molar-refractivity contribution >= 4 is 17.4 Å². The fraction of sp³-hybridized carbons (Fsp3) is 0.333. The summed E-state index contributed by atoms with van der Waals surface area (Å²) in [6.07, 6.45) is 2.93. The van der Waals surface area contributed by atoms with E-state index in [1.54, 1.807) is 29.2 Å². The van der Waals surface area contributed by atoms with E-state index in [9.17, 15) is 14.0 Å². The summed E-state index contributed by atoms with van der Waals surface area (Å²) in [5, 5.41) is 3.24. The summed E-state index contributed by atoms with van der Waals surface area (Å²) < 4.78 is 19.0. The molecule has 5 nitrogen and oxygen atoms in total. The molecule has 0 spiro atoms. The van der Waals surface area contributed by atoms with Crippen molar-refractivity contribution in [2.45, 2.75) is 25.8 Å². The van der Waals surface area contributed by atoms with Crippen LogP contribution >= 0.6 is 0 Å². The van der Waals surface area contributed by atoms with Crippen molar-refractivity contribution < 1.29 is 18.4 Å². The number of rotatable bonds is 4. The smallest absolute Gasteiger partial charge is 0.289 e. The van der Waals surface area contributed by atoms with Gasteiger partial charge in [0, 0.05) is 24.8 Å². The van der Waals surface area contributed by atoms with Crippen molar-refractivity contribution in [2.75, 3.05) is 18.4 Å². The second-order valence-electron chi connectivity index (χ2n) is 5.91. The molecule has 1 saturated heterocycles. The SMILES string of the molecule is CC(=O)c1c(F)cccc1NC1CCN(C(=O)c2ccco2)CC1. The molecule has 126 valence electrons. The largest absolute Gasteiger partial charge is 0.459 e. The van der Waals surface area contributed by atoms with E-state index < -0.39 is 5.82 Å². The number of anilines is 1. The highest BCUT2D eigenvalue weighted by Gasteiger charge is 2.25. The lowest BCUT2D eigenvalue weighted by Gasteiger charge is -2.32. The number of halogens is 1. The number of hydrogen-bond donors (Lipinski definition) is 1. The number of nitrogens with zero attached hydrogens (tertiary/aromatic N) is 1. The molecule has 2 aromatic rings. The number of furan rings is 1. The molecule has 3 rings (SSSR count). The molecule has 1 aromatic heterocycles. The first-order chi connectivity index (χ1) is 11.6. The van der Waals surface area contributed by atoms with Gasteiger partial charge in [0.2, 0.25) is 0 Å². The van der Waals surface area contributed by atoms with E-state index in [-0.39, 0.29) is 23.3 Å². The van der Waals surface area contributed by atoms with Crippen molar-refractivity contribution in [1.29, 1.82) is 0 Å². The molecule has 0 saturated carbocycles. The second kappa shape index (κ2) is 6.86.